The molecule has 5 heteroatoms. The minimum Gasteiger partial charge on any atom is -0.493 e. The van der Waals surface area contributed by atoms with Gasteiger partial charge in [0, 0.05) is 19.3 Å². The first-order valence-electron chi connectivity index (χ1n) is 10.9. The van der Waals surface area contributed by atoms with Gasteiger partial charge in [0.05, 0.1) is 20.6 Å². The molecule has 1 amide bonds. The van der Waals surface area contributed by atoms with Crippen LogP contribution < -0.4 is 9.47 Å². The molecule has 1 heterocycles. The van der Waals surface area contributed by atoms with Crippen molar-refractivity contribution in [3.63, 3.8) is 0 Å². The van der Waals surface area contributed by atoms with Crippen LogP contribution in [0, 0.1) is 13.8 Å². The Morgan fingerprint density at radius 2 is 1.74 bits per heavy atom. The highest BCUT2D eigenvalue weighted by Crippen LogP contribution is 2.27. The van der Waals surface area contributed by atoms with Gasteiger partial charge >= 0.3 is 0 Å². The highest BCUT2D eigenvalue weighted by Gasteiger charge is 2.17. The molecule has 166 valence electrons. The third kappa shape index (κ3) is 5.88. The van der Waals surface area contributed by atoms with Crippen molar-refractivity contribution in [1.29, 1.82) is 0 Å². The van der Waals surface area contributed by atoms with E-state index in [1.807, 2.05) is 23.2 Å². The van der Waals surface area contributed by atoms with Gasteiger partial charge in [0.15, 0.2) is 11.5 Å². The van der Waals surface area contributed by atoms with Gasteiger partial charge in [-0.25, -0.2) is 0 Å². The van der Waals surface area contributed by atoms with Crippen LogP contribution in [-0.4, -0.2) is 56.6 Å². The fraction of sp³-hybridized carbons (Fsp3) is 0.423. The number of carbonyl (C=O) groups is 1. The zero-order chi connectivity index (χ0) is 22.4. The molecule has 5 nitrogen and oxygen atoms in total. The van der Waals surface area contributed by atoms with Crippen LogP contribution >= 0.6 is 0 Å². The molecule has 1 aliphatic rings. The molecule has 2 aromatic rings. The molecule has 0 radical (unpaired) electrons. The van der Waals surface area contributed by atoms with Gasteiger partial charge in [0.2, 0.25) is 5.91 Å². The predicted octanol–water partition coefficient (Wildman–Crippen LogP) is 4.24. The largest absolute Gasteiger partial charge is 0.493 e. The van der Waals surface area contributed by atoms with Crippen molar-refractivity contribution >= 4 is 12.0 Å². The molecule has 0 bridgehead atoms. The third-order valence-corrected chi connectivity index (χ3v) is 6.02. The normalized spacial score (nSPS) is 13.4. The molecule has 0 saturated heterocycles. The lowest BCUT2D eigenvalue weighted by molar-refractivity contribution is -0.127. The summed E-state index contributed by atoms with van der Waals surface area (Å²) < 4.78 is 10.7. The maximum absolute atomic E-state index is 12.7. The van der Waals surface area contributed by atoms with Crippen molar-refractivity contribution in [2.24, 2.45) is 0 Å². The van der Waals surface area contributed by atoms with E-state index in [4.69, 9.17) is 9.47 Å². The number of hydrogen-bond donors (Lipinski definition) is 0. The van der Waals surface area contributed by atoms with Crippen molar-refractivity contribution < 1.29 is 14.3 Å². The summed E-state index contributed by atoms with van der Waals surface area (Å²) >= 11 is 0. The summed E-state index contributed by atoms with van der Waals surface area (Å²) in [5.41, 5.74) is 6.01. The maximum atomic E-state index is 12.7. The molecule has 0 aliphatic carbocycles. The number of aryl methyl sites for hydroxylation is 2. The predicted molar refractivity (Wildman–Crippen MR) is 126 cm³/mol. The van der Waals surface area contributed by atoms with Crippen molar-refractivity contribution in [2.75, 3.05) is 40.9 Å². The molecule has 0 unspecified atom stereocenters. The first-order valence-corrected chi connectivity index (χ1v) is 10.9. The Bertz CT molecular complexity index is 952. The summed E-state index contributed by atoms with van der Waals surface area (Å²) in [4.78, 5) is 16.9. The van der Waals surface area contributed by atoms with Gasteiger partial charge in [-0.3, -0.25) is 4.79 Å². The van der Waals surface area contributed by atoms with Gasteiger partial charge < -0.3 is 19.3 Å². The van der Waals surface area contributed by atoms with Crippen LogP contribution in [0.1, 0.15) is 34.2 Å². The van der Waals surface area contributed by atoms with E-state index in [-0.39, 0.29) is 5.91 Å². The minimum absolute atomic E-state index is 0.172. The lowest BCUT2D eigenvalue weighted by atomic mass is 9.98. The van der Waals surface area contributed by atoms with Crippen LogP contribution in [0.3, 0.4) is 0 Å². The highest BCUT2D eigenvalue weighted by molar-refractivity contribution is 5.83. The summed E-state index contributed by atoms with van der Waals surface area (Å²) in [6.07, 6.45) is 6.37. The van der Waals surface area contributed by atoms with Gasteiger partial charge in [-0.05, 0) is 86.3 Å². The zero-order valence-electron chi connectivity index (χ0n) is 19.4. The van der Waals surface area contributed by atoms with Crippen molar-refractivity contribution in [3.05, 3.63) is 64.3 Å². The number of nitrogens with zero attached hydrogens (tertiary/aromatic N) is 2. The Hall–Kier alpha value is -2.79. The summed E-state index contributed by atoms with van der Waals surface area (Å²) in [6, 6.07) is 10.4. The van der Waals surface area contributed by atoms with Gasteiger partial charge in [0.1, 0.15) is 0 Å². The Morgan fingerprint density at radius 1 is 1.00 bits per heavy atom. The average molecular weight is 423 g/mol. The van der Waals surface area contributed by atoms with Crippen LogP contribution in [0.15, 0.2) is 36.5 Å². The topological polar surface area (TPSA) is 42.0 Å². The Morgan fingerprint density at radius 3 is 2.48 bits per heavy atom. The first-order chi connectivity index (χ1) is 14.9. The van der Waals surface area contributed by atoms with Crippen LogP contribution in [0.5, 0.6) is 11.5 Å². The second-order valence-electron chi connectivity index (χ2n) is 8.31. The van der Waals surface area contributed by atoms with Crippen molar-refractivity contribution in [3.8, 4) is 11.5 Å². The number of carbonyl (C=O) groups excluding carboxylic acids is 1. The van der Waals surface area contributed by atoms with Crippen molar-refractivity contribution in [1.82, 2.24) is 9.80 Å². The molecule has 2 aromatic carbocycles. The molecule has 0 spiro atoms. The average Bonchev–Trinajstić information content (AvgIpc) is 2.91. The van der Waals surface area contributed by atoms with E-state index in [9.17, 15) is 4.79 Å². The third-order valence-electron chi connectivity index (χ3n) is 6.02. The van der Waals surface area contributed by atoms with Gasteiger partial charge in [0.25, 0.3) is 0 Å². The van der Waals surface area contributed by atoms with Gasteiger partial charge in [-0.15, -0.1) is 0 Å². The summed E-state index contributed by atoms with van der Waals surface area (Å²) in [7, 11) is 5.44. The molecule has 0 N–H and O–H groups in total. The number of hydrogen-bond acceptors (Lipinski definition) is 4. The molecular weight excluding hydrogens is 388 g/mol. The number of rotatable bonds is 9. The smallest absolute Gasteiger partial charge is 0.230 e. The monoisotopic (exact) mass is 422 g/mol. The number of amides is 1. The SMILES string of the molecule is COc1ccc(CCN(C)CCCN2C=Cc3cc(C)c(C)cc3CC2=O)cc1OC. The number of likely N-dealkylation sites (N-methyl/N-ethyl adjacent to an activating group) is 1. The van der Waals surface area contributed by atoms with Crippen LogP contribution in [0.4, 0.5) is 0 Å². The maximum Gasteiger partial charge on any atom is 0.230 e. The molecule has 0 fully saturated rings. The highest BCUT2D eigenvalue weighted by atomic mass is 16.5. The van der Waals surface area contributed by atoms with Gasteiger partial charge in [-0.1, -0.05) is 18.2 Å². The summed E-state index contributed by atoms with van der Waals surface area (Å²) in [5, 5.41) is 0. The molecule has 0 aromatic heterocycles. The fourth-order valence-electron chi connectivity index (χ4n) is 3.90. The molecule has 3 rings (SSSR count). The molecule has 1 aliphatic heterocycles. The van der Waals surface area contributed by atoms with Crippen LogP contribution in [0.25, 0.3) is 6.08 Å². The van der Waals surface area contributed by atoms with E-state index in [2.05, 4.69) is 50.1 Å². The van der Waals surface area contributed by atoms with Gasteiger partial charge in [-0.2, -0.15) is 0 Å². The lowest BCUT2D eigenvalue weighted by Crippen LogP contribution is -2.30. The number of methoxy groups -OCH3 is 2. The quantitative estimate of drug-likeness (QED) is 0.606. The van der Waals surface area contributed by atoms with Crippen LogP contribution in [-0.2, 0) is 17.6 Å². The zero-order valence-corrected chi connectivity index (χ0v) is 19.4. The fourth-order valence-corrected chi connectivity index (χ4v) is 3.90. The number of benzene rings is 2. The second kappa shape index (κ2) is 10.5. The van der Waals surface area contributed by atoms with E-state index >= 15 is 0 Å². The Kier molecular flexibility index (Phi) is 7.75. The molecular formula is C26H34N2O3. The summed E-state index contributed by atoms with van der Waals surface area (Å²) in [5.74, 6) is 1.69. The van der Waals surface area contributed by atoms with Crippen LogP contribution in [0.2, 0.25) is 0 Å². The minimum atomic E-state index is 0.172. The summed E-state index contributed by atoms with van der Waals surface area (Å²) in [6.45, 7) is 6.84. The number of fused-ring (bicyclic) bond motifs is 1. The molecule has 0 atom stereocenters. The first kappa shape index (κ1) is 22.9. The van der Waals surface area contributed by atoms with E-state index in [0.717, 1.165) is 55.1 Å². The van der Waals surface area contributed by atoms with E-state index in [1.165, 1.54) is 16.7 Å². The lowest BCUT2D eigenvalue weighted by Gasteiger charge is -2.21. The van der Waals surface area contributed by atoms with E-state index < -0.39 is 0 Å². The number of ether oxygens (including phenoxy) is 2. The Labute approximate surface area is 186 Å². The van der Waals surface area contributed by atoms with E-state index in [1.54, 1.807) is 14.2 Å². The Balaban J connectivity index is 1.48. The second-order valence-corrected chi connectivity index (χ2v) is 8.31. The standard InChI is InChI=1S/C26H34N2O3/c1-19-15-22-10-14-28(26(29)18-23(22)16-20(19)2)12-6-11-27(3)13-9-21-7-8-24(30-4)25(17-21)31-5/h7-8,10,14-17H,6,9,11-13,18H2,1-5H3. The molecule has 0 saturated carbocycles. The van der Waals surface area contributed by atoms with Crippen molar-refractivity contribution in [2.45, 2.75) is 33.1 Å². The molecule has 31 heavy (non-hydrogen) atoms. The van der Waals surface area contributed by atoms with E-state index in [0.29, 0.717) is 6.42 Å².